The summed E-state index contributed by atoms with van der Waals surface area (Å²) in [6.07, 6.45) is 3.04. The average Bonchev–Trinajstić information content (AvgIpc) is 3.31. The molecule has 9 heteroatoms. The van der Waals surface area contributed by atoms with Crippen LogP contribution in [0.2, 0.25) is 0 Å². The molecule has 0 radical (unpaired) electrons. The van der Waals surface area contributed by atoms with Crippen LogP contribution in [-0.4, -0.2) is 43.9 Å². The maximum atomic E-state index is 13.4. The van der Waals surface area contributed by atoms with Crippen molar-refractivity contribution in [3.05, 3.63) is 45.8 Å². The third kappa shape index (κ3) is 6.11. The van der Waals surface area contributed by atoms with Crippen LogP contribution in [0.5, 0.6) is 5.75 Å². The van der Waals surface area contributed by atoms with Gasteiger partial charge in [-0.3, -0.25) is 9.59 Å². The quantitative estimate of drug-likeness (QED) is 0.554. The highest BCUT2D eigenvalue weighted by molar-refractivity contribution is 7.91. The number of rotatable bonds is 6. The molecule has 196 valence electrons. The molecule has 1 saturated heterocycles. The van der Waals surface area contributed by atoms with Gasteiger partial charge in [0, 0.05) is 16.5 Å². The van der Waals surface area contributed by atoms with Crippen molar-refractivity contribution < 1.29 is 22.7 Å². The van der Waals surface area contributed by atoms with Gasteiger partial charge < -0.3 is 15.4 Å². The lowest BCUT2D eigenvalue weighted by molar-refractivity contribution is 0.0941. The number of nitrogens with one attached hydrogen (secondary N) is 2. The number of ether oxygens (including phenoxy) is 1. The van der Waals surface area contributed by atoms with Crippen molar-refractivity contribution in [2.45, 2.75) is 72.4 Å². The summed E-state index contributed by atoms with van der Waals surface area (Å²) in [5, 5.41) is 6.44. The SMILES string of the molecule is CC(C)Oc1ccc(C(=O)Nc2sc3c(c2C(=O)NC2CCS(=O)(=O)C2)CCC(C(C)(C)C)C3)cc1. The summed E-state index contributed by atoms with van der Waals surface area (Å²) in [7, 11) is -3.12. The number of amides is 2. The summed E-state index contributed by atoms with van der Waals surface area (Å²) < 4.78 is 29.5. The van der Waals surface area contributed by atoms with E-state index in [1.807, 2.05) is 13.8 Å². The largest absolute Gasteiger partial charge is 0.491 e. The molecule has 4 rings (SSSR count). The Bertz CT molecular complexity index is 1240. The van der Waals surface area contributed by atoms with Crippen LogP contribution in [0.15, 0.2) is 24.3 Å². The van der Waals surface area contributed by atoms with Crippen LogP contribution in [0, 0.1) is 11.3 Å². The van der Waals surface area contributed by atoms with Crippen molar-refractivity contribution in [1.82, 2.24) is 5.32 Å². The second-order valence-corrected chi connectivity index (χ2v) is 14.6. The van der Waals surface area contributed by atoms with E-state index in [2.05, 4.69) is 31.4 Å². The van der Waals surface area contributed by atoms with Crippen LogP contribution in [0.25, 0.3) is 0 Å². The third-order valence-electron chi connectivity index (χ3n) is 7.00. The molecule has 1 aromatic carbocycles. The van der Waals surface area contributed by atoms with Crippen LogP contribution in [-0.2, 0) is 22.7 Å². The number of hydrogen-bond acceptors (Lipinski definition) is 6. The summed E-state index contributed by atoms with van der Waals surface area (Å²) >= 11 is 1.47. The van der Waals surface area contributed by atoms with Gasteiger partial charge in [-0.15, -0.1) is 11.3 Å². The van der Waals surface area contributed by atoms with Gasteiger partial charge in [-0.25, -0.2) is 8.42 Å². The van der Waals surface area contributed by atoms with Crippen LogP contribution in [0.1, 0.15) is 78.6 Å². The van der Waals surface area contributed by atoms with Crippen molar-refractivity contribution in [2.24, 2.45) is 11.3 Å². The molecule has 2 atom stereocenters. The molecule has 2 amide bonds. The standard InChI is InChI=1S/C27H36N2O5S2/c1-16(2)34-20-9-6-17(7-10-20)24(30)29-26-23(25(31)28-19-12-13-36(32,33)15-19)21-11-8-18(27(3,4)5)14-22(21)35-26/h6-7,9-10,16,18-19H,8,11-15H2,1-5H3,(H,28,31)(H,29,30). The van der Waals surface area contributed by atoms with Crippen LogP contribution in [0.3, 0.4) is 0 Å². The molecule has 1 fully saturated rings. The zero-order valence-electron chi connectivity index (χ0n) is 21.6. The Morgan fingerprint density at radius 1 is 1.08 bits per heavy atom. The maximum Gasteiger partial charge on any atom is 0.256 e. The van der Waals surface area contributed by atoms with Gasteiger partial charge in [-0.1, -0.05) is 20.8 Å². The number of benzene rings is 1. The lowest BCUT2D eigenvalue weighted by Crippen LogP contribution is -2.36. The predicted molar refractivity (Wildman–Crippen MR) is 144 cm³/mol. The summed E-state index contributed by atoms with van der Waals surface area (Å²) in [5.41, 5.74) is 2.08. The topological polar surface area (TPSA) is 102 Å². The molecule has 7 nitrogen and oxygen atoms in total. The highest BCUT2D eigenvalue weighted by Gasteiger charge is 2.36. The third-order valence-corrected chi connectivity index (χ3v) is 9.94. The molecule has 0 spiro atoms. The second-order valence-electron chi connectivity index (χ2n) is 11.2. The minimum absolute atomic E-state index is 0.0370. The van der Waals surface area contributed by atoms with Crippen LogP contribution in [0.4, 0.5) is 5.00 Å². The molecule has 1 aliphatic carbocycles. The molecule has 36 heavy (non-hydrogen) atoms. The number of hydrogen-bond donors (Lipinski definition) is 2. The number of thiophene rings is 1. The molecule has 2 unspecified atom stereocenters. The Hall–Kier alpha value is -2.39. The average molecular weight is 533 g/mol. The monoisotopic (exact) mass is 532 g/mol. The molecule has 2 heterocycles. The van der Waals surface area contributed by atoms with Gasteiger partial charge in [0.1, 0.15) is 10.8 Å². The predicted octanol–water partition coefficient (Wildman–Crippen LogP) is 4.86. The van der Waals surface area contributed by atoms with E-state index >= 15 is 0 Å². The first-order valence-electron chi connectivity index (χ1n) is 12.6. The molecule has 0 saturated carbocycles. The summed E-state index contributed by atoms with van der Waals surface area (Å²) in [4.78, 5) is 27.7. The van der Waals surface area contributed by atoms with Crippen molar-refractivity contribution >= 4 is 38.0 Å². The lowest BCUT2D eigenvalue weighted by Gasteiger charge is -2.33. The van der Waals surface area contributed by atoms with Crippen molar-refractivity contribution in [3.63, 3.8) is 0 Å². The number of carbonyl (C=O) groups excluding carboxylic acids is 2. The van der Waals surface area contributed by atoms with Gasteiger partial charge in [0.15, 0.2) is 9.84 Å². The van der Waals surface area contributed by atoms with Crippen molar-refractivity contribution in [2.75, 3.05) is 16.8 Å². The summed E-state index contributed by atoms with van der Waals surface area (Å²) in [6.45, 7) is 10.6. The van der Waals surface area contributed by atoms with Gasteiger partial charge >= 0.3 is 0 Å². The summed E-state index contributed by atoms with van der Waals surface area (Å²) in [6, 6.07) is 6.53. The molecule has 2 N–H and O–H groups in total. The highest BCUT2D eigenvalue weighted by atomic mass is 32.2. The molecule has 2 aromatic rings. The number of carbonyl (C=O) groups is 2. The van der Waals surface area contributed by atoms with Gasteiger partial charge in [0.05, 0.1) is 23.2 Å². The van der Waals surface area contributed by atoms with Gasteiger partial charge in [-0.2, -0.15) is 0 Å². The Labute approximate surface area is 217 Å². The van der Waals surface area contributed by atoms with E-state index in [4.69, 9.17) is 4.74 Å². The van der Waals surface area contributed by atoms with E-state index in [0.717, 1.165) is 29.7 Å². The van der Waals surface area contributed by atoms with E-state index in [0.29, 0.717) is 34.2 Å². The molecule has 0 bridgehead atoms. The maximum absolute atomic E-state index is 13.4. The van der Waals surface area contributed by atoms with Crippen molar-refractivity contribution in [3.8, 4) is 5.75 Å². The Kier molecular flexibility index (Phi) is 7.53. The number of sulfone groups is 1. The van der Waals surface area contributed by atoms with Gasteiger partial charge in [0.2, 0.25) is 0 Å². The first-order valence-corrected chi connectivity index (χ1v) is 15.2. The second kappa shape index (κ2) is 10.2. The van der Waals surface area contributed by atoms with E-state index in [1.165, 1.54) is 11.3 Å². The fraction of sp³-hybridized carbons (Fsp3) is 0.556. The fourth-order valence-corrected chi connectivity index (χ4v) is 7.95. The number of anilines is 1. The lowest BCUT2D eigenvalue weighted by atomic mass is 9.72. The molecule has 1 aromatic heterocycles. The Balaban J connectivity index is 1.60. The zero-order valence-corrected chi connectivity index (χ0v) is 23.3. The Morgan fingerprint density at radius 3 is 2.36 bits per heavy atom. The molecular weight excluding hydrogens is 496 g/mol. The molecular formula is C27H36N2O5S2. The smallest absolute Gasteiger partial charge is 0.256 e. The Morgan fingerprint density at radius 2 is 1.78 bits per heavy atom. The minimum atomic E-state index is -3.12. The summed E-state index contributed by atoms with van der Waals surface area (Å²) in [5.74, 6) is 0.621. The first-order chi connectivity index (χ1) is 16.8. The van der Waals surface area contributed by atoms with Crippen molar-refractivity contribution in [1.29, 1.82) is 0 Å². The van der Waals surface area contributed by atoms with E-state index in [-0.39, 0.29) is 34.8 Å². The normalized spacial score (nSPS) is 21.2. The first kappa shape index (κ1) is 26.7. The van der Waals surface area contributed by atoms with Gasteiger partial charge in [-0.05, 0) is 80.7 Å². The highest BCUT2D eigenvalue weighted by Crippen LogP contribution is 2.44. The number of fused-ring (bicyclic) bond motifs is 1. The fourth-order valence-electron chi connectivity index (χ4n) is 4.95. The van der Waals surface area contributed by atoms with Gasteiger partial charge in [0.25, 0.3) is 11.8 Å². The zero-order chi connectivity index (χ0) is 26.3. The van der Waals surface area contributed by atoms with E-state index in [9.17, 15) is 18.0 Å². The minimum Gasteiger partial charge on any atom is -0.491 e. The van der Waals surface area contributed by atoms with E-state index in [1.54, 1.807) is 24.3 Å². The molecule has 2 aliphatic rings. The van der Waals surface area contributed by atoms with Crippen LogP contribution >= 0.6 is 11.3 Å². The van der Waals surface area contributed by atoms with E-state index < -0.39 is 15.9 Å². The molecule has 1 aliphatic heterocycles. The van der Waals surface area contributed by atoms with Crippen LogP contribution < -0.4 is 15.4 Å².